The Morgan fingerprint density at radius 1 is 1.03 bits per heavy atom. The number of amides is 1. The number of aromatic nitrogens is 2. The highest BCUT2D eigenvalue weighted by molar-refractivity contribution is 7.89. The number of H-pyrrole nitrogens is 1. The van der Waals surface area contributed by atoms with Crippen LogP contribution >= 0.6 is 0 Å². The molecule has 0 saturated carbocycles. The van der Waals surface area contributed by atoms with Crippen LogP contribution in [-0.4, -0.2) is 30.8 Å². The number of carbonyl (C=O) groups excluding carboxylic acids is 1. The molecule has 0 aliphatic rings. The van der Waals surface area contributed by atoms with Crippen molar-refractivity contribution in [1.29, 1.82) is 0 Å². The fourth-order valence-electron chi connectivity index (χ4n) is 3.32. The van der Waals surface area contributed by atoms with Crippen molar-refractivity contribution in [3.8, 4) is 11.4 Å². The summed E-state index contributed by atoms with van der Waals surface area (Å²) in [5.41, 5.74) is 4.19. The van der Waals surface area contributed by atoms with Gasteiger partial charge >= 0.3 is 0 Å². The van der Waals surface area contributed by atoms with Crippen LogP contribution in [0.2, 0.25) is 0 Å². The predicted molar refractivity (Wildman–Crippen MR) is 122 cm³/mol. The molecule has 4 aromatic rings. The van der Waals surface area contributed by atoms with Gasteiger partial charge < -0.3 is 10.3 Å². The Bertz CT molecular complexity index is 1340. The lowest BCUT2D eigenvalue weighted by molar-refractivity contribution is 0.102. The Morgan fingerprint density at radius 3 is 2.61 bits per heavy atom. The Kier molecular flexibility index (Phi) is 5.58. The van der Waals surface area contributed by atoms with Crippen LogP contribution in [0.15, 0.2) is 71.6 Å². The van der Waals surface area contributed by atoms with Gasteiger partial charge in [0, 0.05) is 23.4 Å². The number of benzene rings is 3. The zero-order chi connectivity index (χ0) is 22.0. The van der Waals surface area contributed by atoms with Crippen LogP contribution in [0.5, 0.6) is 0 Å². The van der Waals surface area contributed by atoms with E-state index in [1.54, 1.807) is 26.0 Å². The molecule has 3 N–H and O–H groups in total. The topological polar surface area (TPSA) is 104 Å². The van der Waals surface area contributed by atoms with E-state index >= 15 is 0 Å². The number of para-hydroxylation sites is 2. The molecule has 8 heteroatoms. The van der Waals surface area contributed by atoms with Crippen molar-refractivity contribution < 1.29 is 13.2 Å². The summed E-state index contributed by atoms with van der Waals surface area (Å²) in [4.78, 5) is 20.8. The largest absolute Gasteiger partial charge is 0.338 e. The number of imidazole rings is 1. The van der Waals surface area contributed by atoms with E-state index in [2.05, 4.69) is 20.0 Å². The first-order chi connectivity index (χ1) is 14.9. The molecule has 0 radical (unpaired) electrons. The number of aryl methyl sites for hydroxylation is 1. The fourth-order valence-corrected chi connectivity index (χ4v) is 4.39. The smallest absolute Gasteiger partial charge is 0.255 e. The third-order valence-electron chi connectivity index (χ3n) is 4.88. The lowest BCUT2D eigenvalue weighted by Gasteiger charge is -2.11. The first-order valence-corrected chi connectivity index (χ1v) is 11.3. The summed E-state index contributed by atoms with van der Waals surface area (Å²) in [7, 11) is -3.65. The molecule has 1 aromatic heterocycles. The maximum Gasteiger partial charge on any atom is 0.255 e. The second-order valence-electron chi connectivity index (χ2n) is 7.12. The van der Waals surface area contributed by atoms with Crippen LogP contribution < -0.4 is 10.0 Å². The molecule has 0 unspecified atom stereocenters. The van der Waals surface area contributed by atoms with Gasteiger partial charge in [-0.15, -0.1) is 0 Å². The Labute approximate surface area is 180 Å². The zero-order valence-electron chi connectivity index (χ0n) is 17.1. The van der Waals surface area contributed by atoms with Crippen LogP contribution in [0.25, 0.3) is 22.4 Å². The van der Waals surface area contributed by atoms with E-state index in [1.807, 2.05) is 42.5 Å². The van der Waals surface area contributed by atoms with Gasteiger partial charge in [-0.3, -0.25) is 4.79 Å². The lowest BCUT2D eigenvalue weighted by Crippen LogP contribution is -2.24. The highest BCUT2D eigenvalue weighted by Crippen LogP contribution is 2.24. The molecule has 0 aliphatic heterocycles. The summed E-state index contributed by atoms with van der Waals surface area (Å²) in [5, 5.41) is 2.86. The van der Waals surface area contributed by atoms with Crippen molar-refractivity contribution in [1.82, 2.24) is 14.7 Å². The van der Waals surface area contributed by atoms with E-state index in [0.717, 1.165) is 16.6 Å². The molecule has 7 nitrogen and oxygen atoms in total. The molecule has 0 bridgehead atoms. The number of carbonyl (C=O) groups is 1. The maximum atomic E-state index is 12.9. The van der Waals surface area contributed by atoms with Gasteiger partial charge in [0.05, 0.1) is 15.9 Å². The van der Waals surface area contributed by atoms with E-state index in [1.165, 1.54) is 12.1 Å². The standard InChI is InChI=1S/C23H22N4O3S/c1-3-24-31(29,30)18-12-11-15(2)19(14-18)23(28)25-17-8-6-7-16(13-17)22-26-20-9-4-5-10-21(20)27-22/h4-14,24H,3H2,1-2H3,(H,25,28)(H,26,27). The SMILES string of the molecule is CCNS(=O)(=O)c1ccc(C)c(C(=O)Nc2cccc(-c3nc4ccccc4[nH]3)c2)c1. The van der Waals surface area contributed by atoms with Crippen molar-refractivity contribution in [2.24, 2.45) is 0 Å². The second-order valence-corrected chi connectivity index (χ2v) is 8.88. The summed E-state index contributed by atoms with van der Waals surface area (Å²) in [5.74, 6) is 0.319. The molecule has 158 valence electrons. The van der Waals surface area contributed by atoms with Gasteiger partial charge in [0.2, 0.25) is 10.0 Å². The van der Waals surface area contributed by atoms with Crippen molar-refractivity contribution in [2.45, 2.75) is 18.7 Å². The molecule has 0 saturated heterocycles. The first-order valence-electron chi connectivity index (χ1n) is 9.84. The summed E-state index contributed by atoms with van der Waals surface area (Å²) in [6.07, 6.45) is 0. The normalized spacial score (nSPS) is 11.5. The van der Waals surface area contributed by atoms with Gasteiger partial charge in [-0.25, -0.2) is 18.1 Å². The van der Waals surface area contributed by atoms with E-state index in [9.17, 15) is 13.2 Å². The number of nitrogens with zero attached hydrogens (tertiary/aromatic N) is 1. The zero-order valence-corrected chi connectivity index (χ0v) is 18.0. The van der Waals surface area contributed by atoms with Gasteiger partial charge in [-0.2, -0.15) is 0 Å². The van der Waals surface area contributed by atoms with Crippen LogP contribution in [0.3, 0.4) is 0 Å². The third-order valence-corrected chi connectivity index (χ3v) is 6.42. The Morgan fingerprint density at radius 2 is 1.84 bits per heavy atom. The van der Waals surface area contributed by atoms with Crippen LogP contribution in [0, 0.1) is 6.92 Å². The first kappa shape index (κ1) is 20.8. The van der Waals surface area contributed by atoms with E-state index < -0.39 is 10.0 Å². The fraction of sp³-hybridized carbons (Fsp3) is 0.130. The average molecular weight is 435 g/mol. The van der Waals surface area contributed by atoms with Crippen molar-refractivity contribution in [2.75, 3.05) is 11.9 Å². The molecule has 0 spiro atoms. The minimum Gasteiger partial charge on any atom is -0.338 e. The van der Waals surface area contributed by atoms with Gasteiger partial charge in [0.25, 0.3) is 5.91 Å². The second kappa shape index (κ2) is 8.33. The van der Waals surface area contributed by atoms with Gasteiger partial charge in [0.1, 0.15) is 5.82 Å². The molecule has 1 heterocycles. The van der Waals surface area contributed by atoms with Gasteiger partial charge in [-0.05, 0) is 48.9 Å². The van der Waals surface area contributed by atoms with Crippen LogP contribution in [0.1, 0.15) is 22.8 Å². The number of aromatic amines is 1. The Balaban J connectivity index is 1.61. The summed E-state index contributed by atoms with van der Waals surface area (Å²) in [6.45, 7) is 3.74. The predicted octanol–water partition coefficient (Wildman–Crippen LogP) is 4.09. The maximum absolute atomic E-state index is 12.9. The molecular weight excluding hydrogens is 412 g/mol. The van der Waals surface area contributed by atoms with Crippen LogP contribution in [0.4, 0.5) is 5.69 Å². The molecule has 31 heavy (non-hydrogen) atoms. The average Bonchev–Trinajstić information content (AvgIpc) is 3.18. The third kappa shape index (κ3) is 4.35. The highest BCUT2D eigenvalue weighted by atomic mass is 32.2. The molecular formula is C23H22N4O3S. The van der Waals surface area contributed by atoms with Crippen LogP contribution in [-0.2, 0) is 10.0 Å². The van der Waals surface area contributed by atoms with Crippen molar-refractivity contribution in [3.63, 3.8) is 0 Å². The number of hydrogen-bond acceptors (Lipinski definition) is 4. The van der Waals surface area contributed by atoms with Crippen molar-refractivity contribution in [3.05, 3.63) is 77.9 Å². The quantitative estimate of drug-likeness (QED) is 0.425. The number of fused-ring (bicyclic) bond motifs is 1. The number of sulfonamides is 1. The highest BCUT2D eigenvalue weighted by Gasteiger charge is 2.17. The summed E-state index contributed by atoms with van der Waals surface area (Å²) < 4.78 is 27.0. The lowest BCUT2D eigenvalue weighted by atomic mass is 10.1. The summed E-state index contributed by atoms with van der Waals surface area (Å²) >= 11 is 0. The van der Waals surface area contributed by atoms with E-state index in [4.69, 9.17) is 0 Å². The van der Waals surface area contributed by atoms with E-state index in [0.29, 0.717) is 22.6 Å². The number of hydrogen-bond donors (Lipinski definition) is 3. The van der Waals surface area contributed by atoms with Gasteiger partial charge in [0.15, 0.2) is 0 Å². The molecule has 0 fully saturated rings. The molecule has 0 atom stereocenters. The van der Waals surface area contributed by atoms with E-state index in [-0.39, 0.29) is 17.3 Å². The number of anilines is 1. The minimum absolute atomic E-state index is 0.0566. The molecule has 1 amide bonds. The molecule has 3 aromatic carbocycles. The Hall–Kier alpha value is -3.49. The molecule has 0 aliphatic carbocycles. The van der Waals surface area contributed by atoms with Gasteiger partial charge in [-0.1, -0.05) is 37.3 Å². The molecule has 4 rings (SSSR count). The number of rotatable bonds is 6. The van der Waals surface area contributed by atoms with Crippen molar-refractivity contribution >= 4 is 32.7 Å². The summed E-state index contributed by atoms with van der Waals surface area (Å²) in [6, 6.07) is 19.6. The minimum atomic E-state index is -3.65. The number of nitrogens with one attached hydrogen (secondary N) is 3. The monoisotopic (exact) mass is 434 g/mol.